The van der Waals surface area contributed by atoms with Gasteiger partial charge in [-0.2, -0.15) is 0 Å². The van der Waals surface area contributed by atoms with Crippen LogP contribution in [0.15, 0.2) is 66.7 Å². The Morgan fingerprint density at radius 1 is 0.806 bits per heavy atom. The van der Waals surface area contributed by atoms with Gasteiger partial charge in [0, 0.05) is 12.1 Å². The summed E-state index contributed by atoms with van der Waals surface area (Å²) >= 11 is 0. The second-order valence-electron chi connectivity index (χ2n) is 7.29. The fourth-order valence-corrected chi connectivity index (χ4v) is 3.55. The van der Waals surface area contributed by atoms with Crippen LogP contribution in [0.3, 0.4) is 0 Å². The molecular formula is C26H29NO4. The Morgan fingerprint density at radius 2 is 1.48 bits per heavy atom. The van der Waals surface area contributed by atoms with E-state index in [0.29, 0.717) is 36.6 Å². The van der Waals surface area contributed by atoms with Crippen LogP contribution in [0.4, 0.5) is 5.69 Å². The van der Waals surface area contributed by atoms with Crippen LogP contribution in [0.1, 0.15) is 23.1 Å². The molecule has 1 amide bonds. The van der Waals surface area contributed by atoms with Crippen LogP contribution in [0, 0.1) is 6.92 Å². The average molecular weight is 420 g/mol. The molecule has 0 aromatic heterocycles. The second-order valence-corrected chi connectivity index (χ2v) is 7.29. The zero-order valence-electron chi connectivity index (χ0n) is 18.6. The highest BCUT2D eigenvalue weighted by molar-refractivity contribution is 5.93. The summed E-state index contributed by atoms with van der Waals surface area (Å²) in [6.07, 6.45) is 0.867. The van der Waals surface area contributed by atoms with E-state index < -0.39 is 0 Å². The number of benzene rings is 3. The minimum absolute atomic E-state index is 0.0459. The molecule has 0 bridgehead atoms. The molecule has 0 aliphatic heterocycles. The van der Waals surface area contributed by atoms with Gasteiger partial charge in [-0.15, -0.1) is 0 Å². The summed E-state index contributed by atoms with van der Waals surface area (Å²) in [4.78, 5) is 15.1. The van der Waals surface area contributed by atoms with Crippen molar-refractivity contribution in [3.63, 3.8) is 0 Å². The van der Waals surface area contributed by atoms with E-state index >= 15 is 0 Å². The van der Waals surface area contributed by atoms with E-state index in [9.17, 15) is 4.79 Å². The van der Waals surface area contributed by atoms with Gasteiger partial charge in [0.25, 0.3) is 0 Å². The minimum Gasteiger partial charge on any atom is -0.493 e. The van der Waals surface area contributed by atoms with E-state index in [-0.39, 0.29) is 5.91 Å². The van der Waals surface area contributed by atoms with Crippen molar-refractivity contribution in [1.82, 2.24) is 0 Å². The van der Waals surface area contributed by atoms with Crippen molar-refractivity contribution in [3.05, 3.63) is 83.4 Å². The molecule has 0 heterocycles. The van der Waals surface area contributed by atoms with Gasteiger partial charge >= 0.3 is 0 Å². The van der Waals surface area contributed by atoms with Crippen molar-refractivity contribution < 1.29 is 19.0 Å². The molecule has 3 aromatic rings. The standard InChI is InChI=1S/C26H29NO4/c1-19-10-14-22(15-11-19)27(18-20-8-6-5-7-9-20)24(28)17-13-21-12-16-23(29-2)26(31-4)25(21)30-3/h5-12,14-16H,13,17-18H2,1-4H3. The zero-order chi connectivity index (χ0) is 22.2. The summed E-state index contributed by atoms with van der Waals surface area (Å²) in [6.45, 7) is 2.56. The molecule has 31 heavy (non-hydrogen) atoms. The highest BCUT2D eigenvalue weighted by atomic mass is 16.5. The summed E-state index contributed by atoms with van der Waals surface area (Å²) in [7, 11) is 4.76. The Balaban J connectivity index is 1.83. The van der Waals surface area contributed by atoms with Crippen molar-refractivity contribution in [1.29, 1.82) is 0 Å². The van der Waals surface area contributed by atoms with Crippen LogP contribution in [0.5, 0.6) is 17.2 Å². The first-order chi connectivity index (χ1) is 15.1. The zero-order valence-corrected chi connectivity index (χ0v) is 18.6. The lowest BCUT2D eigenvalue weighted by atomic mass is 10.1. The van der Waals surface area contributed by atoms with E-state index in [1.807, 2.05) is 78.6 Å². The fourth-order valence-electron chi connectivity index (χ4n) is 3.55. The molecule has 0 radical (unpaired) electrons. The van der Waals surface area contributed by atoms with Crippen LogP contribution >= 0.6 is 0 Å². The third-order valence-electron chi connectivity index (χ3n) is 5.22. The third-order valence-corrected chi connectivity index (χ3v) is 5.22. The van der Waals surface area contributed by atoms with Crippen molar-refractivity contribution in [3.8, 4) is 17.2 Å². The number of methoxy groups -OCH3 is 3. The normalized spacial score (nSPS) is 10.5. The number of rotatable bonds is 9. The van der Waals surface area contributed by atoms with E-state index in [1.54, 1.807) is 21.3 Å². The smallest absolute Gasteiger partial charge is 0.227 e. The second kappa shape index (κ2) is 10.5. The van der Waals surface area contributed by atoms with Crippen molar-refractivity contribution in [2.75, 3.05) is 26.2 Å². The summed E-state index contributed by atoms with van der Waals surface area (Å²) < 4.78 is 16.4. The molecule has 5 nitrogen and oxygen atoms in total. The summed E-state index contributed by atoms with van der Waals surface area (Å²) in [5.41, 5.74) is 4.03. The number of aryl methyl sites for hydroxylation is 2. The average Bonchev–Trinajstić information content (AvgIpc) is 2.81. The van der Waals surface area contributed by atoms with Gasteiger partial charge in [-0.05, 0) is 42.7 Å². The van der Waals surface area contributed by atoms with Gasteiger partial charge in [-0.3, -0.25) is 4.79 Å². The monoisotopic (exact) mass is 419 g/mol. The van der Waals surface area contributed by atoms with Gasteiger partial charge in [0.05, 0.1) is 27.9 Å². The SMILES string of the molecule is COc1ccc(CCC(=O)N(Cc2ccccc2)c2ccc(C)cc2)c(OC)c1OC. The molecule has 0 aliphatic carbocycles. The molecule has 3 aromatic carbocycles. The van der Waals surface area contributed by atoms with E-state index in [1.165, 1.54) is 0 Å². The minimum atomic E-state index is 0.0459. The van der Waals surface area contributed by atoms with E-state index in [2.05, 4.69) is 0 Å². The van der Waals surface area contributed by atoms with Gasteiger partial charge < -0.3 is 19.1 Å². The number of carbonyl (C=O) groups is 1. The maximum atomic E-state index is 13.3. The van der Waals surface area contributed by atoms with Crippen LogP contribution in [0.2, 0.25) is 0 Å². The number of hydrogen-bond acceptors (Lipinski definition) is 4. The third kappa shape index (κ3) is 5.37. The number of anilines is 1. The maximum absolute atomic E-state index is 13.3. The van der Waals surface area contributed by atoms with Gasteiger partial charge in [-0.25, -0.2) is 0 Å². The molecule has 162 valence electrons. The lowest BCUT2D eigenvalue weighted by Crippen LogP contribution is -2.30. The quantitative estimate of drug-likeness (QED) is 0.479. The largest absolute Gasteiger partial charge is 0.493 e. The molecule has 0 fully saturated rings. The van der Waals surface area contributed by atoms with Crippen molar-refractivity contribution in [2.45, 2.75) is 26.3 Å². The number of hydrogen-bond donors (Lipinski definition) is 0. The van der Waals surface area contributed by atoms with Gasteiger partial charge in [0.2, 0.25) is 11.7 Å². The Morgan fingerprint density at radius 3 is 2.10 bits per heavy atom. The summed E-state index contributed by atoms with van der Waals surface area (Å²) in [5.74, 6) is 1.78. The number of carbonyl (C=O) groups excluding carboxylic acids is 1. The predicted molar refractivity (Wildman–Crippen MR) is 123 cm³/mol. The predicted octanol–water partition coefficient (Wildman–Crippen LogP) is 5.19. The van der Waals surface area contributed by atoms with Crippen LogP contribution in [0.25, 0.3) is 0 Å². The molecule has 0 saturated carbocycles. The fraction of sp³-hybridized carbons (Fsp3) is 0.269. The molecule has 0 spiro atoms. The highest BCUT2D eigenvalue weighted by Crippen LogP contribution is 2.40. The molecule has 0 N–H and O–H groups in total. The maximum Gasteiger partial charge on any atom is 0.227 e. The van der Waals surface area contributed by atoms with Crippen LogP contribution in [-0.2, 0) is 17.8 Å². The molecule has 0 saturated heterocycles. The number of amides is 1. The molecule has 0 aliphatic rings. The molecule has 3 rings (SSSR count). The topological polar surface area (TPSA) is 48.0 Å². The molecule has 5 heteroatoms. The van der Waals surface area contributed by atoms with Crippen LogP contribution < -0.4 is 19.1 Å². The summed E-state index contributed by atoms with van der Waals surface area (Å²) in [6, 6.07) is 21.8. The Kier molecular flexibility index (Phi) is 7.55. The van der Waals surface area contributed by atoms with E-state index in [0.717, 1.165) is 22.4 Å². The first-order valence-corrected chi connectivity index (χ1v) is 10.3. The molecular weight excluding hydrogens is 390 g/mol. The van der Waals surface area contributed by atoms with E-state index in [4.69, 9.17) is 14.2 Å². The lowest BCUT2D eigenvalue weighted by molar-refractivity contribution is -0.118. The highest BCUT2D eigenvalue weighted by Gasteiger charge is 2.20. The first-order valence-electron chi connectivity index (χ1n) is 10.3. The lowest BCUT2D eigenvalue weighted by Gasteiger charge is -2.24. The summed E-state index contributed by atoms with van der Waals surface area (Å²) in [5, 5.41) is 0. The van der Waals surface area contributed by atoms with Crippen molar-refractivity contribution >= 4 is 11.6 Å². The molecule has 0 unspecified atom stereocenters. The van der Waals surface area contributed by atoms with Gasteiger partial charge in [0.15, 0.2) is 11.5 Å². The Labute approximate surface area is 184 Å². The van der Waals surface area contributed by atoms with Gasteiger partial charge in [-0.1, -0.05) is 54.1 Å². The van der Waals surface area contributed by atoms with Crippen LogP contribution in [-0.4, -0.2) is 27.2 Å². The number of nitrogens with zero attached hydrogens (tertiary/aromatic N) is 1. The first kappa shape index (κ1) is 22.2. The molecule has 0 atom stereocenters. The van der Waals surface area contributed by atoms with Gasteiger partial charge in [0.1, 0.15) is 0 Å². The van der Waals surface area contributed by atoms with Crippen molar-refractivity contribution in [2.24, 2.45) is 0 Å². The Bertz CT molecular complexity index is 1000. The number of ether oxygens (including phenoxy) is 3. The Hall–Kier alpha value is -3.47.